The van der Waals surface area contributed by atoms with E-state index in [0.29, 0.717) is 0 Å². The van der Waals surface area contributed by atoms with Crippen LogP contribution in [0.1, 0.15) is 0 Å². The third-order valence-electron chi connectivity index (χ3n) is 3.02. The maximum Gasteiger partial charge on any atom is 0.322 e. The first-order valence-corrected chi connectivity index (χ1v) is 8.35. The van der Waals surface area contributed by atoms with Gasteiger partial charge in [-0.3, -0.25) is 14.6 Å². The molecular weight excluding hydrogens is 334 g/mol. The summed E-state index contributed by atoms with van der Waals surface area (Å²) in [6, 6.07) is 9.73. The molecule has 0 atom stereocenters. The van der Waals surface area contributed by atoms with Crippen molar-refractivity contribution in [2.45, 2.75) is 4.90 Å². The second-order valence-electron chi connectivity index (χ2n) is 4.76. The van der Waals surface area contributed by atoms with Crippen molar-refractivity contribution in [1.82, 2.24) is 15.0 Å². The lowest BCUT2D eigenvalue weighted by Crippen LogP contribution is -2.38. The van der Waals surface area contributed by atoms with Crippen LogP contribution in [0, 0.1) is 0 Å². The first-order chi connectivity index (χ1) is 11.4. The molecule has 3 N–H and O–H groups in total. The van der Waals surface area contributed by atoms with Crippen LogP contribution < -0.4 is 10.0 Å². The molecule has 0 spiro atoms. The van der Waals surface area contributed by atoms with E-state index in [1.807, 2.05) is 6.07 Å². The van der Waals surface area contributed by atoms with E-state index >= 15 is 0 Å². The maximum absolute atomic E-state index is 12.1. The lowest BCUT2D eigenvalue weighted by Gasteiger charge is -2.08. The molecule has 24 heavy (non-hydrogen) atoms. The zero-order valence-corrected chi connectivity index (χ0v) is 13.3. The highest BCUT2D eigenvalue weighted by molar-refractivity contribution is 7.89. The highest BCUT2D eigenvalue weighted by Crippen LogP contribution is 2.20. The van der Waals surface area contributed by atoms with Gasteiger partial charge in [-0.2, -0.15) is 0 Å². The predicted octanol–water partition coefficient (Wildman–Crippen LogP) is 0.228. The number of benzene rings is 1. The zero-order valence-electron chi connectivity index (χ0n) is 12.5. The summed E-state index contributed by atoms with van der Waals surface area (Å²) in [4.78, 5) is 25.7. The third kappa shape index (κ3) is 4.86. The number of aromatic nitrogens is 1. The van der Waals surface area contributed by atoms with E-state index in [1.165, 1.54) is 12.1 Å². The number of amides is 1. The number of aliphatic carboxylic acids is 1. The van der Waals surface area contributed by atoms with E-state index in [1.54, 1.807) is 30.6 Å². The molecule has 0 unspecified atom stereocenters. The molecule has 1 aromatic heterocycles. The van der Waals surface area contributed by atoms with Gasteiger partial charge in [-0.1, -0.05) is 18.2 Å². The number of carboxylic acids is 1. The lowest BCUT2D eigenvalue weighted by molar-refractivity contribution is -0.137. The van der Waals surface area contributed by atoms with Gasteiger partial charge in [-0.05, 0) is 29.3 Å². The molecule has 1 heterocycles. The molecule has 0 fully saturated rings. The average molecular weight is 349 g/mol. The van der Waals surface area contributed by atoms with Crippen LogP contribution in [0.3, 0.4) is 0 Å². The number of rotatable bonds is 7. The Labute approximate surface area is 138 Å². The first kappa shape index (κ1) is 17.6. The highest BCUT2D eigenvalue weighted by atomic mass is 32.2. The Bertz CT molecular complexity index is 820. The number of carboxylic acid groups (broad SMARTS) is 1. The minimum atomic E-state index is -3.87. The predicted molar refractivity (Wildman–Crippen MR) is 85.5 cm³/mol. The Morgan fingerprint density at radius 2 is 1.75 bits per heavy atom. The maximum atomic E-state index is 12.1. The Morgan fingerprint density at radius 1 is 1.04 bits per heavy atom. The smallest absolute Gasteiger partial charge is 0.322 e. The van der Waals surface area contributed by atoms with Gasteiger partial charge < -0.3 is 10.4 Å². The summed E-state index contributed by atoms with van der Waals surface area (Å²) in [7, 11) is -3.87. The minimum absolute atomic E-state index is 0.00109. The largest absolute Gasteiger partial charge is 0.480 e. The summed E-state index contributed by atoms with van der Waals surface area (Å²) in [6.45, 7) is -1.11. The Kier molecular flexibility index (Phi) is 5.61. The number of hydrogen-bond acceptors (Lipinski definition) is 5. The van der Waals surface area contributed by atoms with Crippen molar-refractivity contribution in [2.75, 3.05) is 13.1 Å². The van der Waals surface area contributed by atoms with E-state index in [9.17, 15) is 18.0 Å². The molecule has 0 radical (unpaired) electrons. The Balaban J connectivity index is 2.02. The van der Waals surface area contributed by atoms with Crippen LogP contribution in [-0.4, -0.2) is 43.5 Å². The molecule has 0 saturated carbocycles. The summed E-state index contributed by atoms with van der Waals surface area (Å²) in [5, 5.41) is 10.5. The topological polar surface area (TPSA) is 125 Å². The SMILES string of the molecule is O=C(O)CNC(=O)CNS(=O)(=O)c1ccc(-c2cccnc2)cc1. The van der Waals surface area contributed by atoms with Gasteiger partial charge >= 0.3 is 5.97 Å². The fourth-order valence-corrected chi connectivity index (χ4v) is 2.82. The van der Waals surface area contributed by atoms with Crippen molar-refractivity contribution >= 4 is 21.9 Å². The second kappa shape index (κ2) is 7.66. The van der Waals surface area contributed by atoms with E-state index in [4.69, 9.17) is 5.11 Å². The Morgan fingerprint density at radius 3 is 2.33 bits per heavy atom. The molecular formula is C15H15N3O5S. The fraction of sp³-hybridized carbons (Fsp3) is 0.133. The van der Waals surface area contributed by atoms with Crippen LogP contribution in [0.4, 0.5) is 0 Å². The molecule has 0 aliphatic rings. The van der Waals surface area contributed by atoms with Crippen LogP contribution in [0.25, 0.3) is 11.1 Å². The molecule has 0 bridgehead atoms. The van der Waals surface area contributed by atoms with Crippen molar-refractivity contribution in [3.05, 3.63) is 48.8 Å². The van der Waals surface area contributed by atoms with Gasteiger partial charge in [0.1, 0.15) is 6.54 Å². The van der Waals surface area contributed by atoms with Crippen molar-refractivity contribution in [3.8, 4) is 11.1 Å². The molecule has 1 aromatic carbocycles. The number of nitrogens with zero attached hydrogens (tertiary/aromatic N) is 1. The molecule has 2 rings (SSSR count). The number of pyridine rings is 1. The fourth-order valence-electron chi connectivity index (χ4n) is 1.84. The Hall–Kier alpha value is -2.78. The van der Waals surface area contributed by atoms with E-state index in [0.717, 1.165) is 11.1 Å². The molecule has 0 saturated heterocycles. The summed E-state index contributed by atoms with van der Waals surface area (Å²) in [5.74, 6) is -1.94. The van der Waals surface area contributed by atoms with Crippen molar-refractivity contribution in [1.29, 1.82) is 0 Å². The normalized spacial score (nSPS) is 11.0. The van der Waals surface area contributed by atoms with Gasteiger partial charge in [0.05, 0.1) is 11.4 Å². The summed E-state index contributed by atoms with van der Waals surface area (Å²) in [5.41, 5.74) is 1.66. The number of hydrogen-bond donors (Lipinski definition) is 3. The van der Waals surface area contributed by atoms with Crippen LogP contribution in [0.5, 0.6) is 0 Å². The van der Waals surface area contributed by atoms with Crippen molar-refractivity contribution < 1.29 is 23.1 Å². The van der Waals surface area contributed by atoms with Gasteiger partial charge in [0.25, 0.3) is 0 Å². The van der Waals surface area contributed by atoms with Crippen molar-refractivity contribution in [3.63, 3.8) is 0 Å². The van der Waals surface area contributed by atoms with E-state index in [-0.39, 0.29) is 4.90 Å². The van der Waals surface area contributed by atoms with E-state index in [2.05, 4.69) is 15.0 Å². The van der Waals surface area contributed by atoms with Crippen LogP contribution in [0.15, 0.2) is 53.7 Å². The van der Waals surface area contributed by atoms with Gasteiger partial charge in [-0.25, -0.2) is 13.1 Å². The van der Waals surface area contributed by atoms with Crippen LogP contribution in [0.2, 0.25) is 0 Å². The molecule has 1 amide bonds. The zero-order chi connectivity index (χ0) is 17.6. The first-order valence-electron chi connectivity index (χ1n) is 6.87. The van der Waals surface area contributed by atoms with Crippen LogP contribution >= 0.6 is 0 Å². The minimum Gasteiger partial charge on any atom is -0.480 e. The molecule has 126 valence electrons. The molecule has 9 heteroatoms. The van der Waals surface area contributed by atoms with Gasteiger partial charge in [0.15, 0.2) is 0 Å². The quantitative estimate of drug-likeness (QED) is 0.657. The summed E-state index contributed by atoms with van der Waals surface area (Å²) in [6.07, 6.45) is 3.30. The second-order valence-corrected chi connectivity index (χ2v) is 6.53. The highest BCUT2D eigenvalue weighted by Gasteiger charge is 2.15. The summed E-state index contributed by atoms with van der Waals surface area (Å²) >= 11 is 0. The van der Waals surface area contributed by atoms with Crippen molar-refractivity contribution in [2.24, 2.45) is 0 Å². The summed E-state index contributed by atoms with van der Waals surface area (Å²) < 4.78 is 26.3. The molecule has 0 aliphatic carbocycles. The van der Waals surface area contributed by atoms with Gasteiger partial charge in [0, 0.05) is 12.4 Å². The number of nitrogens with one attached hydrogen (secondary N) is 2. The van der Waals surface area contributed by atoms with Crippen LogP contribution in [-0.2, 0) is 19.6 Å². The average Bonchev–Trinajstić information content (AvgIpc) is 2.59. The van der Waals surface area contributed by atoms with Gasteiger partial charge in [0.2, 0.25) is 15.9 Å². The monoisotopic (exact) mass is 349 g/mol. The number of sulfonamides is 1. The number of carbonyl (C=O) groups is 2. The standard InChI is InChI=1S/C15H15N3O5S/c19-14(17-10-15(20)21)9-18-24(22,23)13-5-3-11(4-6-13)12-2-1-7-16-8-12/h1-8,18H,9-10H2,(H,17,19)(H,20,21). The lowest BCUT2D eigenvalue weighted by atomic mass is 10.1. The van der Waals surface area contributed by atoms with E-state index < -0.39 is 35.0 Å². The molecule has 2 aromatic rings. The third-order valence-corrected chi connectivity index (χ3v) is 4.44. The molecule has 0 aliphatic heterocycles. The number of carbonyl (C=O) groups excluding carboxylic acids is 1. The molecule has 8 nitrogen and oxygen atoms in total. The van der Waals surface area contributed by atoms with Gasteiger partial charge in [-0.15, -0.1) is 0 Å².